The van der Waals surface area contributed by atoms with Crippen LogP contribution in [0.1, 0.15) is 49.7 Å². The first kappa shape index (κ1) is 35.9. The number of benzene rings is 2. The topological polar surface area (TPSA) is 120 Å². The molecule has 4 N–H and O–H groups in total. The Kier molecular flexibility index (Phi) is 11.7. The average molecular weight is 669 g/mol. The fourth-order valence-corrected chi connectivity index (χ4v) is 5.78. The number of nitrogens with one attached hydrogen (secondary N) is 2. The van der Waals surface area contributed by atoms with Crippen molar-refractivity contribution in [2.45, 2.75) is 63.1 Å². The zero-order valence-electron chi connectivity index (χ0n) is 25.8. The first-order valence-electron chi connectivity index (χ1n) is 15.3. The molecule has 3 unspecified atom stereocenters. The number of carbonyl (C=O) groups is 3. The van der Waals surface area contributed by atoms with E-state index in [2.05, 4.69) is 15.6 Å². The summed E-state index contributed by atoms with van der Waals surface area (Å²) in [6.07, 6.45) is -14.8. The van der Waals surface area contributed by atoms with Crippen molar-refractivity contribution in [3.63, 3.8) is 0 Å². The molecule has 0 bridgehead atoms. The number of anilines is 1. The van der Waals surface area contributed by atoms with Crippen LogP contribution in [-0.2, 0) is 14.4 Å². The van der Waals surface area contributed by atoms with E-state index < -0.39 is 73.8 Å². The number of amides is 3. The van der Waals surface area contributed by atoms with E-state index in [1.807, 2.05) is 4.90 Å². The van der Waals surface area contributed by atoms with Crippen LogP contribution in [0, 0.1) is 11.8 Å². The molecule has 3 amide bonds. The summed E-state index contributed by atoms with van der Waals surface area (Å²) in [7, 11) is 1.44. The quantitative estimate of drug-likeness (QED) is 0.308. The van der Waals surface area contributed by atoms with Gasteiger partial charge in [0.05, 0.1) is 18.1 Å². The molecular weight excluding hydrogens is 630 g/mol. The summed E-state index contributed by atoms with van der Waals surface area (Å²) in [5.74, 6) is -6.54. The maximum absolute atomic E-state index is 13.8. The molecule has 9 nitrogen and oxygen atoms in total. The van der Waals surface area contributed by atoms with E-state index in [0.29, 0.717) is 48.5 Å². The van der Waals surface area contributed by atoms with Gasteiger partial charge in [0.2, 0.25) is 18.0 Å². The highest BCUT2D eigenvalue weighted by Gasteiger charge is 2.42. The molecule has 1 fully saturated rings. The fourth-order valence-electron chi connectivity index (χ4n) is 5.78. The molecule has 2 aromatic carbocycles. The van der Waals surface area contributed by atoms with Gasteiger partial charge in [0.15, 0.2) is 0 Å². The van der Waals surface area contributed by atoms with Gasteiger partial charge in [-0.05, 0) is 31.7 Å². The van der Waals surface area contributed by atoms with Gasteiger partial charge in [-0.25, -0.2) is 4.99 Å². The molecule has 0 aromatic heterocycles. The third-order valence-corrected chi connectivity index (χ3v) is 8.42. The number of benzodiazepines with no additional fused rings is 1. The van der Waals surface area contributed by atoms with Gasteiger partial charge in [-0.15, -0.1) is 0 Å². The number of piperidine rings is 1. The number of alkyl halides is 6. The van der Waals surface area contributed by atoms with Crippen molar-refractivity contribution in [3.05, 3.63) is 65.7 Å². The highest BCUT2D eigenvalue weighted by molar-refractivity contribution is 6.20. The van der Waals surface area contributed by atoms with E-state index in [4.69, 9.17) is 5.73 Å². The number of carbonyl (C=O) groups excluding carboxylic acids is 3. The monoisotopic (exact) mass is 668 g/mol. The number of para-hydroxylation sites is 1. The molecule has 256 valence electrons. The van der Waals surface area contributed by atoms with E-state index in [1.165, 1.54) is 11.9 Å². The molecule has 2 aliphatic rings. The van der Waals surface area contributed by atoms with Crippen molar-refractivity contribution in [2.24, 2.45) is 22.6 Å². The second-order valence-electron chi connectivity index (χ2n) is 11.8. The zero-order valence-corrected chi connectivity index (χ0v) is 25.8. The molecule has 0 saturated carbocycles. The van der Waals surface area contributed by atoms with E-state index >= 15 is 0 Å². The van der Waals surface area contributed by atoms with E-state index in [0.717, 1.165) is 0 Å². The van der Waals surface area contributed by atoms with Crippen molar-refractivity contribution in [1.82, 2.24) is 15.5 Å². The first-order valence-corrected chi connectivity index (χ1v) is 15.3. The zero-order chi connectivity index (χ0) is 34.4. The second kappa shape index (κ2) is 15.3. The summed E-state index contributed by atoms with van der Waals surface area (Å²) in [6, 6.07) is 15.5. The van der Waals surface area contributed by atoms with Crippen LogP contribution in [-0.4, -0.2) is 79.7 Å². The van der Waals surface area contributed by atoms with Crippen LogP contribution in [0.15, 0.2) is 59.6 Å². The standard InChI is InChI=1S/C32H38F6N6O3/c1-43-25-10-6-5-9-24(25)26(20-7-3-2-4-8-20)41-27(30(43)47)42-29(46)23(12-16-32(36,37)38)22(11-15-31(33,34)35)28(45)40-19-44-17-13-21(39)14-18-44/h2-10,21-23,27H,11-19,39H2,1H3,(H,40,45)(H,42,46). The van der Waals surface area contributed by atoms with Gasteiger partial charge < -0.3 is 21.3 Å². The predicted molar refractivity (Wildman–Crippen MR) is 163 cm³/mol. The fraction of sp³-hybridized carbons (Fsp3) is 0.500. The van der Waals surface area contributed by atoms with E-state index in [1.54, 1.807) is 54.6 Å². The Morgan fingerprint density at radius 1 is 0.894 bits per heavy atom. The summed E-state index contributed by atoms with van der Waals surface area (Å²) in [5.41, 5.74) is 7.78. The number of fused-ring (bicyclic) bond motifs is 1. The van der Waals surface area contributed by atoms with Crippen molar-refractivity contribution < 1.29 is 40.7 Å². The number of hydrogen-bond donors (Lipinski definition) is 3. The average Bonchev–Trinajstić information content (AvgIpc) is 3.12. The van der Waals surface area contributed by atoms with Crippen LogP contribution in [0.4, 0.5) is 32.0 Å². The minimum Gasteiger partial charge on any atom is -0.343 e. The third kappa shape index (κ3) is 10.0. The van der Waals surface area contributed by atoms with Gasteiger partial charge in [0.25, 0.3) is 5.91 Å². The van der Waals surface area contributed by atoms with Gasteiger partial charge in [-0.2, -0.15) is 26.3 Å². The molecule has 0 aliphatic carbocycles. The lowest BCUT2D eigenvalue weighted by atomic mass is 9.83. The second-order valence-corrected chi connectivity index (χ2v) is 11.8. The summed E-state index contributed by atoms with van der Waals surface area (Å²) in [6.45, 7) is 0.943. The number of halogens is 6. The largest absolute Gasteiger partial charge is 0.389 e. The minimum absolute atomic E-state index is 0.0273. The molecule has 47 heavy (non-hydrogen) atoms. The summed E-state index contributed by atoms with van der Waals surface area (Å²) in [4.78, 5) is 48.4. The Labute approximate surface area is 268 Å². The van der Waals surface area contributed by atoms with Gasteiger partial charge in [0.1, 0.15) is 0 Å². The molecule has 0 spiro atoms. The molecule has 1 saturated heterocycles. The summed E-state index contributed by atoms with van der Waals surface area (Å²) in [5, 5.41) is 4.90. The van der Waals surface area contributed by atoms with Gasteiger partial charge in [0, 0.05) is 62.0 Å². The lowest BCUT2D eigenvalue weighted by Gasteiger charge is -2.32. The van der Waals surface area contributed by atoms with Crippen LogP contribution in [0.2, 0.25) is 0 Å². The number of aliphatic imine (C=N–C) groups is 1. The molecule has 2 aromatic rings. The number of nitrogens with zero attached hydrogens (tertiary/aromatic N) is 3. The molecule has 3 atom stereocenters. The molecule has 15 heteroatoms. The molecule has 2 heterocycles. The Bertz CT molecular complexity index is 1430. The SMILES string of the molecule is CN1C(=O)C(NC(=O)C(CCC(F)(F)F)C(CCC(F)(F)F)C(=O)NCN2CCC(N)CC2)N=C(c2ccccc2)c2ccccc21. The Morgan fingerprint density at radius 3 is 2.04 bits per heavy atom. The summed E-state index contributed by atoms with van der Waals surface area (Å²) < 4.78 is 80.5. The smallest absolute Gasteiger partial charge is 0.343 e. The number of rotatable bonds is 11. The van der Waals surface area contributed by atoms with Crippen LogP contribution >= 0.6 is 0 Å². The normalized spacial score (nSPS) is 19.3. The Morgan fingerprint density at radius 2 is 1.45 bits per heavy atom. The molecule has 4 rings (SSSR count). The van der Waals surface area contributed by atoms with Crippen LogP contribution < -0.4 is 21.3 Å². The molecular formula is C32H38F6N6O3. The van der Waals surface area contributed by atoms with Gasteiger partial charge in [-0.3, -0.25) is 19.3 Å². The lowest BCUT2D eigenvalue weighted by molar-refractivity contribution is -0.153. The number of hydrogen-bond acceptors (Lipinski definition) is 6. The van der Waals surface area contributed by atoms with Crippen LogP contribution in [0.25, 0.3) is 0 Å². The van der Waals surface area contributed by atoms with Crippen molar-refractivity contribution >= 4 is 29.1 Å². The van der Waals surface area contributed by atoms with Crippen molar-refractivity contribution in [1.29, 1.82) is 0 Å². The third-order valence-electron chi connectivity index (χ3n) is 8.42. The van der Waals surface area contributed by atoms with Gasteiger partial charge >= 0.3 is 12.4 Å². The van der Waals surface area contributed by atoms with Crippen molar-refractivity contribution in [3.8, 4) is 0 Å². The first-order chi connectivity index (χ1) is 22.1. The Hall–Kier alpha value is -3.98. The highest BCUT2D eigenvalue weighted by atomic mass is 19.4. The minimum atomic E-state index is -4.77. The highest BCUT2D eigenvalue weighted by Crippen LogP contribution is 2.34. The molecule has 2 aliphatic heterocycles. The Balaban J connectivity index is 1.66. The van der Waals surface area contributed by atoms with Crippen molar-refractivity contribution in [2.75, 3.05) is 31.7 Å². The summed E-state index contributed by atoms with van der Waals surface area (Å²) >= 11 is 0. The van der Waals surface area contributed by atoms with Crippen LogP contribution in [0.5, 0.6) is 0 Å². The number of likely N-dealkylation sites (N-methyl/N-ethyl adjacent to an activating group) is 1. The maximum Gasteiger partial charge on any atom is 0.389 e. The number of nitrogens with two attached hydrogens (primary N) is 1. The maximum atomic E-state index is 13.8. The number of likely N-dealkylation sites (tertiary alicyclic amines) is 1. The van der Waals surface area contributed by atoms with E-state index in [9.17, 15) is 40.7 Å². The lowest BCUT2D eigenvalue weighted by Crippen LogP contribution is -2.51. The molecule has 0 radical (unpaired) electrons. The van der Waals surface area contributed by atoms with Gasteiger partial charge in [-0.1, -0.05) is 48.5 Å². The van der Waals surface area contributed by atoms with Crippen LogP contribution in [0.3, 0.4) is 0 Å². The van der Waals surface area contributed by atoms with E-state index in [-0.39, 0.29) is 12.7 Å². The predicted octanol–water partition coefficient (Wildman–Crippen LogP) is 4.36.